The van der Waals surface area contributed by atoms with E-state index in [1.54, 1.807) is 23.8 Å². The highest BCUT2D eigenvalue weighted by molar-refractivity contribution is 5.78. The van der Waals surface area contributed by atoms with E-state index in [-0.39, 0.29) is 23.8 Å². The first-order chi connectivity index (χ1) is 13.6. The van der Waals surface area contributed by atoms with Gasteiger partial charge < -0.3 is 9.80 Å². The summed E-state index contributed by atoms with van der Waals surface area (Å²) >= 11 is 0. The average molecular weight is 380 g/mol. The van der Waals surface area contributed by atoms with Crippen LogP contribution >= 0.6 is 0 Å². The van der Waals surface area contributed by atoms with Crippen molar-refractivity contribution in [1.29, 1.82) is 0 Å². The highest BCUT2D eigenvalue weighted by Gasteiger charge is 2.47. The summed E-state index contributed by atoms with van der Waals surface area (Å²) in [7, 11) is 0. The first kappa shape index (κ1) is 17.1. The van der Waals surface area contributed by atoms with Crippen molar-refractivity contribution in [2.75, 3.05) is 18.0 Å². The number of aromatic nitrogens is 4. The van der Waals surface area contributed by atoms with Crippen LogP contribution in [0, 0.1) is 12.7 Å². The zero-order chi connectivity index (χ0) is 19.3. The minimum absolute atomic E-state index is 0.185. The van der Waals surface area contributed by atoms with Gasteiger partial charge in [0.2, 0.25) is 5.91 Å². The maximum Gasteiger partial charge on any atom is 0.223 e. The normalized spacial score (nSPS) is 21.1. The number of rotatable bonds is 4. The summed E-state index contributed by atoms with van der Waals surface area (Å²) in [6.07, 6.45) is 3.75. The molecule has 3 aromatic rings. The minimum Gasteiger partial charge on any atom is -0.351 e. The Morgan fingerprint density at radius 3 is 2.82 bits per heavy atom. The summed E-state index contributed by atoms with van der Waals surface area (Å²) in [6, 6.07) is 9.40. The summed E-state index contributed by atoms with van der Waals surface area (Å²) in [5.74, 6) is 0.867. The van der Waals surface area contributed by atoms with E-state index in [0.717, 1.165) is 36.5 Å². The second-order valence-corrected chi connectivity index (χ2v) is 7.66. The van der Waals surface area contributed by atoms with Gasteiger partial charge in [-0.15, -0.1) is 15.3 Å². The molecule has 0 radical (unpaired) electrons. The van der Waals surface area contributed by atoms with Gasteiger partial charge in [0.05, 0.1) is 12.1 Å². The lowest BCUT2D eigenvalue weighted by Gasteiger charge is -2.56. The molecule has 0 aliphatic carbocycles. The Labute approximate surface area is 161 Å². The highest BCUT2D eigenvalue weighted by atomic mass is 19.1. The summed E-state index contributed by atoms with van der Waals surface area (Å²) in [5, 5.41) is 12.4. The number of hydrogen-bond acceptors (Lipinski definition) is 5. The number of amides is 1. The first-order valence-electron chi connectivity index (χ1n) is 9.57. The van der Waals surface area contributed by atoms with Gasteiger partial charge in [-0.1, -0.05) is 12.1 Å². The van der Waals surface area contributed by atoms with Gasteiger partial charge in [0, 0.05) is 19.5 Å². The lowest BCUT2D eigenvalue weighted by Crippen LogP contribution is -2.70. The van der Waals surface area contributed by atoms with E-state index in [1.165, 1.54) is 6.07 Å². The molecule has 0 saturated carbocycles. The fraction of sp³-hybridized carbons (Fsp3) is 0.400. The number of piperidine rings is 1. The molecule has 0 N–H and O–H groups in total. The predicted molar refractivity (Wildman–Crippen MR) is 101 cm³/mol. The smallest absolute Gasteiger partial charge is 0.223 e. The second-order valence-electron chi connectivity index (χ2n) is 7.66. The molecule has 1 amide bonds. The molecule has 7 nitrogen and oxygen atoms in total. The van der Waals surface area contributed by atoms with Crippen LogP contribution in [0.4, 0.5) is 10.2 Å². The van der Waals surface area contributed by atoms with Crippen LogP contribution in [-0.4, -0.2) is 55.8 Å². The number of nitrogens with zero attached hydrogens (tertiary/aromatic N) is 6. The summed E-state index contributed by atoms with van der Waals surface area (Å²) in [4.78, 5) is 17.0. The van der Waals surface area contributed by atoms with E-state index in [0.29, 0.717) is 18.4 Å². The van der Waals surface area contributed by atoms with Crippen LogP contribution in [0.15, 0.2) is 36.7 Å². The maximum absolute atomic E-state index is 13.4. The fourth-order valence-corrected chi connectivity index (χ4v) is 4.33. The van der Waals surface area contributed by atoms with Gasteiger partial charge in [0.1, 0.15) is 18.0 Å². The van der Waals surface area contributed by atoms with Crippen LogP contribution < -0.4 is 4.90 Å². The molecule has 2 bridgehead atoms. The number of carbonyl (C=O) groups is 1. The predicted octanol–water partition coefficient (Wildman–Crippen LogP) is 1.99. The Kier molecular flexibility index (Phi) is 3.99. The molecule has 2 unspecified atom stereocenters. The summed E-state index contributed by atoms with van der Waals surface area (Å²) in [5.41, 5.74) is 2.35. The Bertz CT molecular complexity index is 1040. The molecule has 3 fully saturated rings. The van der Waals surface area contributed by atoms with E-state index >= 15 is 0 Å². The van der Waals surface area contributed by atoms with Crippen molar-refractivity contribution >= 4 is 17.4 Å². The molecular weight excluding hydrogens is 359 g/mol. The van der Waals surface area contributed by atoms with Gasteiger partial charge in [-0.2, -0.15) is 4.52 Å². The van der Waals surface area contributed by atoms with Crippen LogP contribution in [0.2, 0.25) is 0 Å². The standard InChI is InChI=1S/C20H21FN6O/c1-13-8-14(2-4-17(13)21)3-7-20(28)27-15-9-16(27)11-25(10-15)19-6-5-18-23-22-12-26(18)24-19/h2,4-6,8,12,15-16H,3,7,9-11H2,1H3. The molecule has 1 aromatic carbocycles. The number of halogens is 1. The molecular formula is C20H21FN6O. The Balaban J connectivity index is 1.22. The highest BCUT2D eigenvalue weighted by Crippen LogP contribution is 2.34. The van der Waals surface area contributed by atoms with Gasteiger partial charge in [0.15, 0.2) is 5.65 Å². The zero-order valence-corrected chi connectivity index (χ0v) is 15.6. The molecule has 144 valence electrons. The monoisotopic (exact) mass is 380 g/mol. The Hall–Kier alpha value is -3.03. The molecule has 5 heterocycles. The fourth-order valence-electron chi connectivity index (χ4n) is 4.33. The average Bonchev–Trinajstić information content (AvgIpc) is 3.17. The van der Waals surface area contributed by atoms with E-state index in [4.69, 9.17) is 0 Å². The Morgan fingerprint density at radius 1 is 1.21 bits per heavy atom. The number of fused-ring (bicyclic) bond motifs is 3. The van der Waals surface area contributed by atoms with Crippen LogP contribution in [0.1, 0.15) is 24.0 Å². The lowest BCUT2D eigenvalue weighted by atomic mass is 9.86. The quantitative estimate of drug-likeness (QED) is 0.693. The van der Waals surface area contributed by atoms with Crippen molar-refractivity contribution < 1.29 is 9.18 Å². The number of benzene rings is 1. The van der Waals surface area contributed by atoms with Gasteiger partial charge in [-0.3, -0.25) is 4.79 Å². The molecule has 6 rings (SSSR count). The molecule has 3 aliphatic heterocycles. The van der Waals surface area contributed by atoms with Crippen LogP contribution in [0.5, 0.6) is 0 Å². The summed E-state index contributed by atoms with van der Waals surface area (Å²) in [6.45, 7) is 3.33. The lowest BCUT2D eigenvalue weighted by molar-refractivity contribution is -0.146. The van der Waals surface area contributed by atoms with Crippen molar-refractivity contribution in [3.63, 3.8) is 0 Å². The van der Waals surface area contributed by atoms with Gasteiger partial charge in [-0.05, 0) is 49.1 Å². The first-order valence-corrected chi connectivity index (χ1v) is 9.57. The number of anilines is 1. The van der Waals surface area contributed by atoms with Crippen LogP contribution in [0.3, 0.4) is 0 Å². The number of hydrogen-bond donors (Lipinski definition) is 0. The molecule has 28 heavy (non-hydrogen) atoms. The van der Waals surface area contributed by atoms with Crippen molar-refractivity contribution in [3.05, 3.63) is 53.6 Å². The molecule has 3 saturated heterocycles. The van der Waals surface area contributed by atoms with E-state index < -0.39 is 0 Å². The number of carbonyl (C=O) groups excluding carboxylic acids is 1. The third kappa shape index (κ3) is 2.89. The molecule has 3 aliphatic rings. The van der Waals surface area contributed by atoms with Gasteiger partial charge in [-0.25, -0.2) is 4.39 Å². The van der Waals surface area contributed by atoms with Crippen molar-refractivity contribution in [1.82, 2.24) is 24.7 Å². The van der Waals surface area contributed by atoms with E-state index in [1.807, 2.05) is 23.1 Å². The SMILES string of the molecule is Cc1cc(CCC(=O)N2C3CC2CN(c2ccc4nncn4n2)C3)ccc1F. The minimum atomic E-state index is -0.203. The zero-order valence-electron chi connectivity index (χ0n) is 15.6. The van der Waals surface area contributed by atoms with Crippen LogP contribution in [-0.2, 0) is 11.2 Å². The van der Waals surface area contributed by atoms with Crippen molar-refractivity contribution in [2.24, 2.45) is 0 Å². The molecule has 2 atom stereocenters. The number of aryl methyl sites for hydroxylation is 2. The third-order valence-electron chi connectivity index (χ3n) is 5.80. The van der Waals surface area contributed by atoms with Crippen molar-refractivity contribution in [3.8, 4) is 0 Å². The number of piperazine rings is 1. The van der Waals surface area contributed by atoms with Gasteiger partial charge in [0.25, 0.3) is 0 Å². The largest absolute Gasteiger partial charge is 0.351 e. The maximum atomic E-state index is 13.4. The Morgan fingerprint density at radius 2 is 2.04 bits per heavy atom. The van der Waals surface area contributed by atoms with Gasteiger partial charge >= 0.3 is 0 Å². The van der Waals surface area contributed by atoms with Crippen LogP contribution in [0.25, 0.3) is 5.65 Å². The summed E-state index contributed by atoms with van der Waals surface area (Å²) < 4.78 is 15.1. The second kappa shape index (κ2) is 6.54. The molecule has 0 spiro atoms. The third-order valence-corrected chi connectivity index (χ3v) is 5.80. The molecule has 2 aromatic heterocycles. The van der Waals surface area contributed by atoms with E-state index in [9.17, 15) is 9.18 Å². The topological polar surface area (TPSA) is 66.6 Å². The van der Waals surface area contributed by atoms with Crippen molar-refractivity contribution in [2.45, 2.75) is 38.3 Å². The molecule has 8 heteroatoms. The van der Waals surface area contributed by atoms with E-state index in [2.05, 4.69) is 20.2 Å².